The summed E-state index contributed by atoms with van der Waals surface area (Å²) in [7, 11) is 0. The fourth-order valence-electron chi connectivity index (χ4n) is 2.13. The minimum atomic E-state index is 0.419. The monoisotopic (exact) mass is 358 g/mol. The van der Waals surface area contributed by atoms with Crippen LogP contribution >= 0.6 is 23.8 Å². The maximum atomic E-state index is 5.93. The van der Waals surface area contributed by atoms with E-state index in [1.54, 1.807) is 23.0 Å². The van der Waals surface area contributed by atoms with Crippen LogP contribution in [-0.2, 0) is 0 Å². The van der Waals surface area contributed by atoms with Gasteiger partial charge in [-0.25, -0.2) is 5.10 Å². The van der Waals surface area contributed by atoms with E-state index < -0.39 is 0 Å². The minimum absolute atomic E-state index is 0.419. The van der Waals surface area contributed by atoms with Crippen molar-refractivity contribution in [2.45, 2.75) is 6.92 Å². The molecule has 5 nitrogen and oxygen atoms in total. The molecule has 0 atom stereocenters. The van der Waals surface area contributed by atoms with Crippen molar-refractivity contribution in [1.29, 1.82) is 0 Å². The van der Waals surface area contributed by atoms with Gasteiger partial charge in [-0.3, -0.25) is 0 Å². The molecular weight excluding hydrogens is 344 g/mol. The van der Waals surface area contributed by atoms with Crippen molar-refractivity contribution < 1.29 is 4.74 Å². The Morgan fingerprint density at radius 3 is 2.58 bits per heavy atom. The summed E-state index contributed by atoms with van der Waals surface area (Å²) < 4.78 is 7.42. The lowest BCUT2D eigenvalue weighted by atomic mass is 10.2. The maximum absolute atomic E-state index is 5.93. The molecule has 0 saturated heterocycles. The standard InChI is InChI=1S/C17H15ClN4OS/c1-2-23-15-9-3-12(4-10-15)11-19-22-16(20-21-17(22)24)13-5-7-14(18)8-6-13/h3-11H,2H2,1H3,(H,21,24). The molecule has 3 rings (SSSR count). The van der Waals surface area contributed by atoms with Crippen molar-refractivity contribution >= 4 is 30.0 Å². The van der Waals surface area contributed by atoms with Gasteiger partial charge in [0.2, 0.25) is 4.77 Å². The Kier molecular flexibility index (Phi) is 5.08. The summed E-state index contributed by atoms with van der Waals surface area (Å²) in [4.78, 5) is 0. The van der Waals surface area contributed by atoms with E-state index >= 15 is 0 Å². The smallest absolute Gasteiger partial charge is 0.216 e. The van der Waals surface area contributed by atoms with Gasteiger partial charge in [0.1, 0.15) is 5.75 Å². The number of halogens is 1. The Bertz CT molecular complexity index is 898. The predicted molar refractivity (Wildman–Crippen MR) is 98.5 cm³/mol. The number of nitrogens with zero attached hydrogens (tertiary/aromatic N) is 3. The van der Waals surface area contributed by atoms with E-state index in [2.05, 4.69) is 15.3 Å². The number of H-pyrrole nitrogens is 1. The van der Waals surface area contributed by atoms with Gasteiger partial charge in [0.05, 0.1) is 12.8 Å². The minimum Gasteiger partial charge on any atom is -0.494 e. The Morgan fingerprint density at radius 2 is 1.92 bits per heavy atom. The van der Waals surface area contributed by atoms with Crippen molar-refractivity contribution in [1.82, 2.24) is 14.9 Å². The number of ether oxygens (including phenoxy) is 1. The van der Waals surface area contributed by atoms with Gasteiger partial charge in [-0.2, -0.15) is 14.9 Å². The zero-order valence-corrected chi connectivity index (χ0v) is 14.5. The summed E-state index contributed by atoms with van der Waals surface area (Å²) in [6.07, 6.45) is 1.72. The van der Waals surface area contributed by atoms with E-state index in [4.69, 9.17) is 28.6 Å². The summed E-state index contributed by atoms with van der Waals surface area (Å²) in [6, 6.07) is 15.0. The van der Waals surface area contributed by atoms with Crippen LogP contribution in [0.5, 0.6) is 5.75 Å². The Morgan fingerprint density at radius 1 is 1.21 bits per heavy atom. The third-order valence-electron chi connectivity index (χ3n) is 3.27. The molecule has 0 aliphatic rings. The maximum Gasteiger partial charge on any atom is 0.216 e. The molecule has 0 bridgehead atoms. The number of aromatic nitrogens is 3. The highest BCUT2D eigenvalue weighted by molar-refractivity contribution is 7.71. The summed E-state index contributed by atoms with van der Waals surface area (Å²) in [5.41, 5.74) is 1.80. The highest BCUT2D eigenvalue weighted by Gasteiger charge is 2.07. The first-order valence-electron chi connectivity index (χ1n) is 7.38. The fourth-order valence-corrected chi connectivity index (χ4v) is 2.43. The van der Waals surface area contributed by atoms with Crippen LogP contribution in [0, 0.1) is 4.77 Å². The molecule has 0 aliphatic heterocycles. The molecule has 7 heteroatoms. The molecule has 0 spiro atoms. The molecule has 0 saturated carbocycles. The quantitative estimate of drug-likeness (QED) is 0.538. The summed E-state index contributed by atoms with van der Waals surface area (Å²) in [5, 5.41) is 12.1. The molecule has 0 aliphatic carbocycles. The Labute approximate surface area is 149 Å². The predicted octanol–water partition coefficient (Wildman–Crippen LogP) is 4.54. The van der Waals surface area contributed by atoms with E-state index in [1.165, 1.54) is 0 Å². The van der Waals surface area contributed by atoms with E-state index in [0.29, 0.717) is 22.2 Å². The molecule has 0 amide bonds. The van der Waals surface area contributed by atoms with Crippen molar-refractivity contribution in [3.05, 3.63) is 63.9 Å². The summed E-state index contributed by atoms with van der Waals surface area (Å²) in [5.74, 6) is 1.45. The van der Waals surface area contributed by atoms with Gasteiger partial charge in [0.25, 0.3) is 0 Å². The van der Waals surface area contributed by atoms with Crippen molar-refractivity contribution in [2.75, 3.05) is 6.61 Å². The zero-order valence-electron chi connectivity index (χ0n) is 12.9. The molecule has 0 radical (unpaired) electrons. The number of hydrogen-bond acceptors (Lipinski definition) is 4. The van der Waals surface area contributed by atoms with E-state index in [9.17, 15) is 0 Å². The largest absolute Gasteiger partial charge is 0.494 e. The lowest BCUT2D eigenvalue weighted by molar-refractivity contribution is 0.340. The van der Waals surface area contributed by atoms with Crippen LogP contribution in [-0.4, -0.2) is 27.7 Å². The van der Waals surface area contributed by atoms with Gasteiger partial charge in [-0.05, 0) is 73.2 Å². The fraction of sp³-hybridized carbons (Fsp3) is 0.118. The first-order valence-corrected chi connectivity index (χ1v) is 8.16. The van der Waals surface area contributed by atoms with Crippen molar-refractivity contribution in [3.8, 4) is 17.1 Å². The third kappa shape index (κ3) is 3.72. The van der Waals surface area contributed by atoms with Crippen LogP contribution < -0.4 is 4.74 Å². The normalized spacial score (nSPS) is 11.1. The van der Waals surface area contributed by atoms with Crippen LogP contribution in [0.1, 0.15) is 12.5 Å². The zero-order chi connectivity index (χ0) is 16.9. The second-order valence-corrected chi connectivity index (χ2v) is 5.74. The molecule has 1 N–H and O–H groups in total. The third-order valence-corrected chi connectivity index (χ3v) is 3.78. The van der Waals surface area contributed by atoms with Gasteiger partial charge in [-0.15, -0.1) is 0 Å². The number of aromatic amines is 1. The second kappa shape index (κ2) is 7.42. The average Bonchev–Trinajstić information content (AvgIpc) is 2.96. The Hall–Kier alpha value is -2.44. The first-order chi connectivity index (χ1) is 11.7. The Balaban J connectivity index is 1.88. The molecule has 3 aromatic rings. The summed E-state index contributed by atoms with van der Waals surface area (Å²) in [6.45, 7) is 2.59. The lowest BCUT2D eigenvalue weighted by Crippen LogP contribution is -1.95. The molecule has 2 aromatic carbocycles. The number of nitrogens with one attached hydrogen (secondary N) is 1. The van der Waals surface area contributed by atoms with Gasteiger partial charge in [0, 0.05) is 10.6 Å². The van der Waals surface area contributed by atoms with Gasteiger partial charge in [-0.1, -0.05) is 11.6 Å². The van der Waals surface area contributed by atoms with Crippen LogP contribution in [0.15, 0.2) is 53.6 Å². The van der Waals surface area contributed by atoms with Crippen LogP contribution in [0.3, 0.4) is 0 Å². The second-order valence-electron chi connectivity index (χ2n) is 4.92. The molecule has 1 aromatic heterocycles. The molecule has 24 heavy (non-hydrogen) atoms. The van der Waals surface area contributed by atoms with E-state index in [0.717, 1.165) is 16.9 Å². The summed E-state index contributed by atoms with van der Waals surface area (Å²) >= 11 is 11.2. The number of rotatable bonds is 5. The highest BCUT2D eigenvalue weighted by Crippen LogP contribution is 2.20. The molecule has 0 fully saturated rings. The average molecular weight is 359 g/mol. The lowest BCUT2D eigenvalue weighted by Gasteiger charge is -2.03. The molecule has 1 heterocycles. The topological polar surface area (TPSA) is 55.2 Å². The van der Waals surface area contributed by atoms with Gasteiger partial charge < -0.3 is 4.74 Å². The van der Waals surface area contributed by atoms with Crippen LogP contribution in [0.2, 0.25) is 5.02 Å². The van der Waals surface area contributed by atoms with Gasteiger partial charge in [0.15, 0.2) is 5.82 Å². The number of hydrogen-bond donors (Lipinski definition) is 1. The highest BCUT2D eigenvalue weighted by atomic mass is 35.5. The van der Waals surface area contributed by atoms with E-state index in [-0.39, 0.29) is 0 Å². The van der Waals surface area contributed by atoms with E-state index in [1.807, 2.05) is 43.3 Å². The molecular formula is C17H15ClN4OS. The SMILES string of the molecule is CCOc1ccc(C=Nn2c(-c3ccc(Cl)cc3)n[nH]c2=S)cc1. The van der Waals surface area contributed by atoms with Crippen LogP contribution in [0.4, 0.5) is 0 Å². The number of benzene rings is 2. The van der Waals surface area contributed by atoms with Crippen LogP contribution in [0.25, 0.3) is 11.4 Å². The molecule has 0 unspecified atom stereocenters. The first kappa shape index (κ1) is 16.4. The van der Waals surface area contributed by atoms with Crippen molar-refractivity contribution in [3.63, 3.8) is 0 Å². The van der Waals surface area contributed by atoms with Gasteiger partial charge >= 0.3 is 0 Å². The molecule has 122 valence electrons. The van der Waals surface area contributed by atoms with Crippen molar-refractivity contribution in [2.24, 2.45) is 5.10 Å².